The van der Waals surface area contributed by atoms with Crippen molar-refractivity contribution in [1.29, 1.82) is 0 Å². The van der Waals surface area contributed by atoms with Crippen molar-refractivity contribution >= 4 is 9.84 Å². The van der Waals surface area contributed by atoms with Crippen LogP contribution in [0.1, 0.15) is 32.6 Å². The van der Waals surface area contributed by atoms with Crippen LogP contribution in [0.4, 0.5) is 0 Å². The first-order valence-corrected chi connectivity index (χ1v) is 6.42. The summed E-state index contributed by atoms with van der Waals surface area (Å²) in [6, 6.07) is 0. The number of sulfone groups is 1. The predicted octanol–water partition coefficient (Wildman–Crippen LogP) is 0.726. The number of aliphatic hydroxyl groups is 1. The zero-order valence-electron chi connectivity index (χ0n) is 7.91. The normalized spacial score (nSPS) is 28.5. The summed E-state index contributed by atoms with van der Waals surface area (Å²) in [6.07, 6.45) is 3.35. The zero-order valence-corrected chi connectivity index (χ0v) is 8.73. The molecule has 0 aromatic heterocycles. The Morgan fingerprint density at radius 1 is 1.23 bits per heavy atom. The molecule has 0 saturated heterocycles. The van der Waals surface area contributed by atoms with Crippen LogP contribution in [0, 0.1) is 5.41 Å². The van der Waals surface area contributed by atoms with Crippen molar-refractivity contribution in [3.63, 3.8) is 0 Å². The molecule has 0 unspecified atom stereocenters. The molecule has 2 rings (SSSR count). The molecule has 2 aliphatic carbocycles. The van der Waals surface area contributed by atoms with Crippen molar-refractivity contribution in [3.05, 3.63) is 0 Å². The van der Waals surface area contributed by atoms with Crippen LogP contribution in [0.2, 0.25) is 0 Å². The summed E-state index contributed by atoms with van der Waals surface area (Å²) in [5.74, 6) is 0.278. The molecular weight excluding hydrogens is 188 g/mol. The highest BCUT2D eigenvalue weighted by atomic mass is 32.2. The standard InChI is InChI=1S/C9H16O3S/c1-8(2-3-8)7-13(11,12)9(6-10)4-5-9/h10H,2-7H2,1H3. The van der Waals surface area contributed by atoms with Gasteiger partial charge in [-0.2, -0.15) is 0 Å². The van der Waals surface area contributed by atoms with Gasteiger partial charge in [0.1, 0.15) is 0 Å². The summed E-state index contributed by atoms with van der Waals surface area (Å²) in [6.45, 7) is 1.82. The Kier molecular flexibility index (Phi) is 1.81. The Hall–Kier alpha value is -0.0900. The summed E-state index contributed by atoms with van der Waals surface area (Å²) in [5, 5.41) is 9.03. The number of hydrogen-bond acceptors (Lipinski definition) is 3. The monoisotopic (exact) mass is 204 g/mol. The van der Waals surface area contributed by atoms with E-state index in [9.17, 15) is 8.42 Å². The van der Waals surface area contributed by atoms with Crippen molar-refractivity contribution in [2.45, 2.75) is 37.4 Å². The first-order chi connectivity index (χ1) is 5.93. The van der Waals surface area contributed by atoms with Gasteiger partial charge < -0.3 is 5.11 Å². The molecular formula is C9H16O3S. The Labute approximate surface area is 79.1 Å². The molecule has 0 amide bonds. The lowest BCUT2D eigenvalue weighted by molar-refractivity contribution is 0.283. The van der Waals surface area contributed by atoms with E-state index in [1.54, 1.807) is 0 Å². The second kappa shape index (κ2) is 2.48. The van der Waals surface area contributed by atoms with Gasteiger partial charge in [-0.25, -0.2) is 8.42 Å². The summed E-state index contributed by atoms with van der Waals surface area (Å²) < 4.78 is 22.9. The quantitative estimate of drug-likeness (QED) is 0.734. The van der Waals surface area contributed by atoms with Crippen LogP contribution >= 0.6 is 0 Å². The van der Waals surface area contributed by atoms with Gasteiger partial charge in [-0.15, -0.1) is 0 Å². The van der Waals surface area contributed by atoms with Crippen LogP contribution < -0.4 is 0 Å². The van der Waals surface area contributed by atoms with Crippen LogP contribution in [0.25, 0.3) is 0 Å². The molecule has 0 bridgehead atoms. The molecule has 4 heteroatoms. The molecule has 3 nitrogen and oxygen atoms in total. The van der Waals surface area contributed by atoms with Gasteiger partial charge >= 0.3 is 0 Å². The zero-order chi connectivity index (χ0) is 9.74. The smallest absolute Gasteiger partial charge is 0.158 e. The van der Waals surface area contributed by atoms with Crippen molar-refractivity contribution in [1.82, 2.24) is 0 Å². The molecule has 0 aromatic rings. The molecule has 0 spiro atoms. The van der Waals surface area contributed by atoms with E-state index in [4.69, 9.17) is 5.11 Å². The first kappa shape index (κ1) is 9.46. The van der Waals surface area contributed by atoms with Gasteiger partial charge in [0, 0.05) is 0 Å². The fourth-order valence-electron chi connectivity index (χ4n) is 1.68. The van der Waals surface area contributed by atoms with Crippen LogP contribution in [-0.4, -0.2) is 30.6 Å². The lowest BCUT2D eigenvalue weighted by atomic mass is 10.2. The molecule has 0 radical (unpaired) electrons. The number of hydrogen-bond donors (Lipinski definition) is 1. The highest BCUT2D eigenvalue weighted by Gasteiger charge is 2.57. The maximum absolute atomic E-state index is 11.8. The summed E-state index contributed by atoms with van der Waals surface area (Å²) >= 11 is 0. The molecule has 2 fully saturated rings. The van der Waals surface area contributed by atoms with Gasteiger partial charge in [0.05, 0.1) is 17.1 Å². The summed E-state index contributed by atoms with van der Waals surface area (Å²) in [7, 11) is -3.04. The van der Waals surface area contributed by atoms with Gasteiger partial charge in [0.15, 0.2) is 9.84 Å². The second-order valence-corrected chi connectivity index (χ2v) is 7.30. The topological polar surface area (TPSA) is 54.4 Å². The molecule has 0 aromatic carbocycles. The fraction of sp³-hybridized carbons (Fsp3) is 1.00. The molecule has 0 heterocycles. The Morgan fingerprint density at radius 2 is 1.77 bits per heavy atom. The average molecular weight is 204 g/mol. The molecule has 2 saturated carbocycles. The van der Waals surface area contributed by atoms with Crippen molar-refractivity contribution in [2.24, 2.45) is 5.41 Å². The largest absolute Gasteiger partial charge is 0.395 e. The van der Waals surface area contributed by atoms with E-state index in [0.29, 0.717) is 12.8 Å². The van der Waals surface area contributed by atoms with Crippen LogP contribution in [0.15, 0.2) is 0 Å². The number of aliphatic hydroxyl groups excluding tert-OH is 1. The van der Waals surface area contributed by atoms with E-state index in [2.05, 4.69) is 0 Å². The molecule has 0 atom stereocenters. The van der Waals surface area contributed by atoms with Crippen molar-refractivity contribution in [2.75, 3.05) is 12.4 Å². The van der Waals surface area contributed by atoms with E-state index in [1.165, 1.54) is 0 Å². The molecule has 76 valence electrons. The van der Waals surface area contributed by atoms with Gasteiger partial charge in [-0.05, 0) is 31.1 Å². The third kappa shape index (κ3) is 1.50. The fourth-order valence-corrected chi connectivity index (χ4v) is 4.11. The van der Waals surface area contributed by atoms with E-state index >= 15 is 0 Å². The van der Waals surface area contributed by atoms with E-state index in [-0.39, 0.29) is 17.8 Å². The maximum Gasteiger partial charge on any atom is 0.158 e. The SMILES string of the molecule is CC1(CS(=O)(=O)C2(CO)CC2)CC1. The highest BCUT2D eigenvalue weighted by Crippen LogP contribution is 2.51. The van der Waals surface area contributed by atoms with Crippen LogP contribution in [0.5, 0.6) is 0 Å². The van der Waals surface area contributed by atoms with Gasteiger partial charge in [0.25, 0.3) is 0 Å². The molecule has 0 aliphatic heterocycles. The summed E-state index contributed by atoms with van der Waals surface area (Å²) in [4.78, 5) is 0. The Morgan fingerprint density at radius 3 is 2.08 bits per heavy atom. The third-order valence-corrected chi connectivity index (χ3v) is 6.33. The minimum atomic E-state index is -3.04. The van der Waals surface area contributed by atoms with Crippen LogP contribution in [-0.2, 0) is 9.84 Å². The highest BCUT2D eigenvalue weighted by molar-refractivity contribution is 7.93. The van der Waals surface area contributed by atoms with Gasteiger partial charge in [-0.3, -0.25) is 0 Å². The average Bonchev–Trinajstić information content (AvgIpc) is 2.85. The minimum Gasteiger partial charge on any atom is -0.395 e. The molecule has 1 N–H and O–H groups in total. The lowest BCUT2D eigenvalue weighted by Gasteiger charge is -2.16. The van der Waals surface area contributed by atoms with E-state index in [1.807, 2.05) is 6.92 Å². The first-order valence-electron chi connectivity index (χ1n) is 4.76. The third-order valence-electron chi connectivity index (χ3n) is 3.40. The molecule has 2 aliphatic rings. The van der Waals surface area contributed by atoms with Crippen molar-refractivity contribution in [3.8, 4) is 0 Å². The number of rotatable bonds is 4. The van der Waals surface area contributed by atoms with Gasteiger partial charge in [-0.1, -0.05) is 6.92 Å². The van der Waals surface area contributed by atoms with Crippen LogP contribution in [0.3, 0.4) is 0 Å². The summed E-state index contributed by atoms with van der Waals surface area (Å²) in [5.41, 5.74) is 0.0313. The molecule has 13 heavy (non-hydrogen) atoms. The van der Waals surface area contributed by atoms with E-state index < -0.39 is 14.6 Å². The minimum absolute atomic E-state index is 0.0313. The predicted molar refractivity (Wildman–Crippen MR) is 50.2 cm³/mol. The van der Waals surface area contributed by atoms with Crippen molar-refractivity contribution < 1.29 is 13.5 Å². The van der Waals surface area contributed by atoms with E-state index in [0.717, 1.165) is 12.8 Å². The Bertz CT molecular complexity index is 310. The van der Waals surface area contributed by atoms with Gasteiger partial charge in [0.2, 0.25) is 0 Å². The maximum atomic E-state index is 11.8. The Balaban J connectivity index is 2.12. The lowest BCUT2D eigenvalue weighted by Crippen LogP contribution is -2.32. The second-order valence-electron chi connectivity index (χ2n) is 4.91.